The normalized spacial score (nSPS) is 18.0. The minimum Gasteiger partial charge on any atom is -0.258 e. The van der Waals surface area contributed by atoms with Crippen molar-refractivity contribution in [2.24, 2.45) is 0 Å². The maximum absolute atomic E-state index is 10.9. The second-order valence-electron chi connectivity index (χ2n) is 4.57. The molecule has 0 bridgehead atoms. The molecule has 1 heterocycles. The molecule has 0 unspecified atom stereocenters. The molecule has 0 radical (unpaired) electrons. The first-order valence-electron chi connectivity index (χ1n) is 6.00. The largest absolute Gasteiger partial charge is 0.328 e. The molecule has 0 atom stereocenters. The van der Waals surface area contributed by atoms with Crippen LogP contribution in [0.1, 0.15) is 50.3 Å². The van der Waals surface area contributed by atoms with Crippen LogP contribution in [0.2, 0.25) is 5.15 Å². The molecule has 1 fully saturated rings. The van der Waals surface area contributed by atoms with E-state index in [-0.39, 0.29) is 16.9 Å². The molecule has 1 aromatic rings. The average molecular weight is 258 g/mol. The van der Waals surface area contributed by atoms with E-state index in [1.54, 1.807) is 11.6 Å². The third-order valence-corrected chi connectivity index (χ3v) is 3.70. The van der Waals surface area contributed by atoms with E-state index >= 15 is 0 Å². The molecule has 1 saturated carbocycles. The molecular formula is C11H16ClN3O2. The first-order valence-corrected chi connectivity index (χ1v) is 6.38. The minimum absolute atomic E-state index is 0.0455. The van der Waals surface area contributed by atoms with Crippen LogP contribution in [0.3, 0.4) is 0 Å². The number of hydrogen-bond acceptors (Lipinski definition) is 3. The van der Waals surface area contributed by atoms with Crippen LogP contribution in [0.15, 0.2) is 0 Å². The van der Waals surface area contributed by atoms with E-state index in [4.69, 9.17) is 11.6 Å². The molecule has 2 rings (SSSR count). The highest BCUT2D eigenvalue weighted by Gasteiger charge is 2.27. The fraction of sp³-hybridized carbons (Fsp3) is 0.727. The van der Waals surface area contributed by atoms with Gasteiger partial charge in [-0.15, -0.1) is 0 Å². The lowest BCUT2D eigenvalue weighted by atomic mass is 10.1. The van der Waals surface area contributed by atoms with E-state index in [0.29, 0.717) is 5.69 Å². The number of nitrogens with zero attached hydrogens (tertiary/aromatic N) is 3. The Kier molecular flexibility index (Phi) is 3.66. The molecular weight excluding hydrogens is 242 g/mol. The molecule has 0 aromatic carbocycles. The highest BCUT2D eigenvalue weighted by atomic mass is 35.5. The van der Waals surface area contributed by atoms with Gasteiger partial charge in [0.1, 0.15) is 5.69 Å². The van der Waals surface area contributed by atoms with Crippen LogP contribution in [0.4, 0.5) is 5.69 Å². The molecule has 5 nitrogen and oxygen atoms in total. The predicted molar refractivity (Wildman–Crippen MR) is 65.4 cm³/mol. The zero-order valence-electron chi connectivity index (χ0n) is 9.86. The summed E-state index contributed by atoms with van der Waals surface area (Å²) in [6, 6.07) is 0.220. The lowest BCUT2D eigenvalue weighted by molar-refractivity contribution is -0.385. The Morgan fingerprint density at radius 1 is 1.35 bits per heavy atom. The van der Waals surface area contributed by atoms with Gasteiger partial charge in [-0.2, -0.15) is 5.10 Å². The van der Waals surface area contributed by atoms with Crippen LogP contribution in [0.5, 0.6) is 0 Å². The summed E-state index contributed by atoms with van der Waals surface area (Å²) in [5.74, 6) is 0. The maximum Gasteiger partial charge on any atom is 0.328 e. The standard InChI is InChI=1S/C11H16ClN3O2/c1-8-10(15(16)17)11(12)14(13-8)9-6-4-2-3-5-7-9/h9H,2-7H2,1H3. The Morgan fingerprint density at radius 2 is 1.94 bits per heavy atom. The molecule has 0 N–H and O–H groups in total. The van der Waals surface area contributed by atoms with Crippen molar-refractivity contribution in [2.75, 3.05) is 0 Å². The van der Waals surface area contributed by atoms with Crippen LogP contribution in [-0.2, 0) is 0 Å². The summed E-state index contributed by atoms with van der Waals surface area (Å²) in [7, 11) is 0. The molecule has 6 heteroatoms. The van der Waals surface area contributed by atoms with Gasteiger partial charge in [0.15, 0.2) is 0 Å². The summed E-state index contributed by atoms with van der Waals surface area (Å²) in [4.78, 5) is 10.4. The van der Waals surface area contributed by atoms with Gasteiger partial charge in [0, 0.05) is 0 Å². The van der Waals surface area contributed by atoms with Gasteiger partial charge < -0.3 is 0 Å². The number of nitro groups is 1. The minimum atomic E-state index is -0.447. The molecule has 1 aliphatic carbocycles. The molecule has 17 heavy (non-hydrogen) atoms. The Balaban J connectivity index is 2.31. The first kappa shape index (κ1) is 12.4. The van der Waals surface area contributed by atoms with E-state index in [2.05, 4.69) is 5.10 Å². The lowest BCUT2D eigenvalue weighted by Crippen LogP contribution is -2.10. The van der Waals surface area contributed by atoms with E-state index in [0.717, 1.165) is 25.7 Å². The van der Waals surface area contributed by atoms with Crippen LogP contribution in [0.25, 0.3) is 0 Å². The number of halogens is 1. The third kappa shape index (κ3) is 2.44. The summed E-state index contributed by atoms with van der Waals surface area (Å²) >= 11 is 6.07. The fourth-order valence-corrected chi connectivity index (χ4v) is 2.84. The Bertz CT molecular complexity index is 423. The van der Waals surface area contributed by atoms with Crippen LogP contribution in [-0.4, -0.2) is 14.7 Å². The van der Waals surface area contributed by atoms with Crippen molar-refractivity contribution < 1.29 is 4.92 Å². The van der Waals surface area contributed by atoms with E-state index < -0.39 is 4.92 Å². The van der Waals surface area contributed by atoms with Crippen LogP contribution < -0.4 is 0 Å². The molecule has 1 aliphatic rings. The van der Waals surface area contributed by atoms with Crippen molar-refractivity contribution in [1.82, 2.24) is 9.78 Å². The van der Waals surface area contributed by atoms with Gasteiger partial charge in [0.05, 0.1) is 11.0 Å². The number of aryl methyl sites for hydroxylation is 1. The van der Waals surface area contributed by atoms with Crippen molar-refractivity contribution in [3.05, 3.63) is 21.0 Å². The summed E-state index contributed by atoms with van der Waals surface area (Å²) < 4.78 is 1.65. The Morgan fingerprint density at radius 3 is 2.41 bits per heavy atom. The number of hydrogen-bond donors (Lipinski definition) is 0. The lowest BCUT2D eigenvalue weighted by Gasteiger charge is -2.14. The maximum atomic E-state index is 10.9. The van der Waals surface area contributed by atoms with E-state index in [1.165, 1.54) is 12.8 Å². The van der Waals surface area contributed by atoms with Crippen molar-refractivity contribution >= 4 is 17.3 Å². The van der Waals surface area contributed by atoms with E-state index in [9.17, 15) is 10.1 Å². The fourth-order valence-electron chi connectivity index (χ4n) is 2.46. The van der Waals surface area contributed by atoms with Gasteiger partial charge in [-0.1, -0.05) is 37.3 Å². The number of rotatable bonds is 2. The topological polar surface area (TPSA) is 61.0 Å². The SMILES string of the molecule is Cc1nn(C2CCCCCC2)c(Cl)c1[N+](=O)[O-]. The van der Waals surface area contributed by atoms with Crippen molar-refractivity contribution in [1.29, 1.82) is 0 Å². The summed E-state index contributed by atoms with van der Waals surface area (Å²) in [6.07, 6.45) is 6.78. The smallest absolute Gasteiger partial charge is 0.258 e. The van der Waals surface area contributed by atoms with Gasteiger partial charge in [0.2, 0.25) is 5.15 Å². The molecule has 0 amide bonds. The zero-order valence-corrected chi connectivity index (χ0v) is 10.6. The molecule has 0 spiro atoms. The molecule has 0 aliphatic heterocycles. The second-order valence-corrected chi connectivity index (χ2v) is 4.93. The predicted octanol–water partition coefficient (Wildman–Crippen LogP) is 3.65. The van der Waals surface area contributed by atoms with Crippen molar-refractivity contribution in [3.8, 4) is 0 Å². The van der Waals surface area contributed by atoms with Crippen molar-refractivity contribution in [3.63, 3.8) is 0 Å². The summed E-state index contributed by atoms with van der Waals surface area (Å²) in [6.45, 7) is 1.64. The van der Waals surface area contributed by atoms with Crippen LogP contribution in [0, 0.1) is 17.0 Å². The summed E-state index contributed by atoms with van der Waals surface area (Å²) in [5.41, 5.74) is 0.361. The van der Waals surface area contributed by atoms with E-state index in [1.807, 2.05) is 0 Å². The van der Waals surface area contributed by atoms with Gasteiger partial charge in [-0.25, -0.2) is 4.68 Å². The number of aromatic nitrogens is 2. The third-order valence-electron chi connectivity index (χ3n) is 3.35. The highest BCUT2D eigenvalue weighted by molar-refractivity contribution is 6.31. The Labute approximate surface area is 105 Å². The quantitative estimate of drug-likeness (QED) is 0.462. The van der Waals surface area contributed by atoms with Gasteiger partial charge >= 0.3 is 5.69 Å². The van der Waals surface area contributed by atoms with Gasteiger partial charge in [0.25, 0.3) is 0 Å². The van der Waals surface area contributed by atoms with Crippen LogP contribution >= 0.6 is 11.6 Å². The monoisotopic (exact) mass is 257 g/mol. The average Bonchev–Trinajstić information content (AvgIpc) is 2.48. The Hall–Kier alpha value is -1.10. The second kappa shape index (κ2) is 5.04. The molecule has 0 saturated heterocycles. The first-order chi connectivity index (χ1) is 8.11. The summed E-state index contributed by atoms with van der Waals surface area (Å²) in [5, 5.41) is 15.3. The zero-order chi connectivity index (χ0) is 12.4. The highest BCUT2D eigenvalue weighted by Crippen LogP contribution is 2.34. The van der Waals surface area contributed by atoms with Crippen molar-refractivity contribution in [2.45, 2.75) is 51.5 Å². The molecule has 1 aromatic heterocycles. The van der Waals surface area contributed by atoms with Gasteiger partial charge in [-0.3, -0.25) is 10.1 Å². The molecule has 94 valence electrons. The van der Waals surface area contributed by atoms with Gasteiger partial charge in [-0.05, 0) is 19.8 Å².